The van der Waals surface area contributed by atoms with Crippen LogP contribution >= 0.6 is 0 Å². The Bertz CT molecular complexity index is 1670. The molecule has 0 atom stereocenters. The number of nitrogens with zero attached hydrogens (tertiary/aromatic N) is 1. The molecule has 150 valence electrons. The third-order valence-electron chi connectivity index (χ3n) is 6.39. The fraction of sp³-hybridized carbons (Fsp3) is 0. The number of fused-ring (bicyclic) bond motifs is 7. The molecule has 6 aromatic rings. The quantitative estimate of drug-likeness (QED) is 0.269. The van der Waals surface area contributed by atoms with Gasteiger partial charge >= 0.3 is 0 Å². The molecule has 2 heteroatoms. The minimum absolute atomic E-state index is 0.876. The van der Waals surface area contributed by atoms with Gasteiger partial charge in [-0.25, -0.2) is 0 Å². The highest BCUT2D eigenvalue weighted by Crippen LogP contribution is 2.55. The Labute approximate surface area is 185 Å². The van der Waals surface area contributed by atoms with Crippen molar-refractivity contribution in [2.75, 3.05) is 4.90 Å². The second-order valence-electron chi connectivity index (χ2n) is 8.24. The van der Waals surface area contributed by atoms with Gasteiger partial charge < -0.3 is 9.64 Å². The number of benzene rings is 6. The van der Waals surface area contributed by atoms with Crippen LogP contribution in [0, 0.1) is 0 Å². The molecule has 6 aromatic carbocycles. The fourth-order valence-corrected chi connectivity index (χ4v) is 4.88. The molecule has 0 aromatic heterocycles. The highest BCUT2D eigenvalue weighted by atomic mass is 16.5. The summed E-state index contributed by atoms with van der Waals surface area (Å²) < 4.78 is 6.60. The van der Waals surface area contributed by atoms with Crippen LogP contribution in [0.1, 0.15) is 0 Å². The molecule has 1 aliphatic heterocycles. The summed E-state index contributed by atoms with van der Waals surface area (Å²) in [5, 5.41) is 7.13. The lowest BCUT2D eigenvalue weighted by atomic mass is 10.0. The van der Waals surface area contributed by atoms with Crippen LogP contribution in [0.3, 0.4) is 0 Å². The zero-order chi connectivity index (χ0) is 21.1. The summed E-state index contributed by atoms with van der Waals surface area (Å²) in [7, 11) is 0. The number of ether oxygens (including phenoxy) is 1. The minimum atomic E-state index is 0.876. The van der Waals surface area contributed by atoms with Crippen molar-refractivity contribution in [2.45, 2.75) is 0 Å². The molecule has 7 rings (SSSR count). The summed E-state index contributed by atoms with van der Waals surface area (Å²) in [4.78, 5) is 2.36. The van der Waals surface area contributed by atoms with E-state index in [0.717, 1.165) is 33.9 Å². The Morgan fingerprint density at radius 2 is 1.12 bits per heavy atom. The van der Waals surface area contributed by atoms with E-state index in [1.165, 1.54) is 26.9 Å². The van der Waals surface area contributed by atoms with Gasteiger partial charge in [-0.05, 0) is 45.8 Å². The molecule has 32 heavy (non-hydrogen) atoms. The molecule has 0 unspecified atom stereocenters. The van der Waals surface area contributed by atoms with Crippen molar-refractivity contribution in [3.8, 4) is 11.5 Å². The smallest absolute Gasteiger partial charge is 0.159 e. The van der Waals surface area contributed by atoms with Gasteiger partial charge in [-0.1, -0.05) is 91.0 Å². The summed E-state index contributed by atoms with van der Waals surface area (Å²) in [5.74, 6) is 1.78. The van der Waals surface area contributed by atoms with E-state index in [1.54, 1.807) is 0 Å². The average molecular weight is 409 g/mol. The predicted molar refractivity (Wildman–Crippen MR) is 134 cm³/mol. The lowest BCUT2D eigenvalue weighted by Crippen LogP contribution is -2.16. The number of hydrogen-bond acceptors (Lipinski definition) is 2. The molecule has 1 heterocycles. The van der Waals surface area contributed by atoms with E-state index in [9.17, 15) is 0 Å². The Morgan fingerprint density at radius 1 is 0.500 bits per heavy atom. The molecule has 1 aliphatic rings. The average Bonchev–Trinajstić information content (AvgIpc) is 2.87. The molecule has 0 saturated heterocycles. The Kier molecular flexibility index (Phi) is 3.58. The van der Waals surface area contributed by atoms with E-state index in [1.807, 2.05) is 0 Å². The van der Waals surface area contributed by atoms with Gasteiger partial charge in [-0.15, -0.1) is 0 Å². The summed E-state index contributed by atoms with van der Waals surface area (Å²) in [6.45, 7) is 0. The normalized spacial score (nSPS) is 12.6. The van der Waals surface area contributed by atoms with E-state index in [2.05, 4.69) is 120 Å². The standard InChI is InChI=1S/C30H19NO/c1-2-10-23-19-24(16-13-20(23)7-1)31-27-17-14-22-9-4-6-12-26(22)30(27)32-28-18-15-21-8-3-5-11-25(21)29(28)31/h1-19H. The SMILES string of the molecule is c1ccc2cc(N3c4ccc5ccccc5c4Oc4ccc5ccccc5c43)ccc2c1. The first-order valence-electron chi connectivity index (χ1n) is 10.9. The maximum absolute atomic E-state index is 6.60. The van der Waals surface area contributed by atoms with Crippen LogP contribution in [0.2, 0.25) is 0 Å². The molecule has 0 saturated carbocycles. The Balaban J connectivity index is 1.59. The van der Waals surface area contributed by atoms with Crippen LogP contribution in [-0.4, -0.2) is 0 Å². The highest BCUT2D eigenvalue weighted by molar-refractivity contribution is 6.07. The maximum atomic E-state index is 6.60. The summed E-state index contributed by atoms with van der Waals surface area (Å²) in [6.07, 6.45) is 0. The second-order valence-corrected chi connectivity index (χ2v) is 8.24. The number of rotatable bonds is 1. The van der Waals surface area contributed by atoms with Crippen molar-refractivity contribution in [1.82, 2.24) is 0 Å². The molecular formula is C30H19NO. The molecule has 0 N–H and O–H groups in total. The van der Waals surface area contributed by atoms with E-state index in [-0.39, 0.29) is 0 Å². The predicted octanol–water partition coefficient (Wildman–Crippen LogP) is 8.72. The molecule has 0 bridgehead atoms. The first-order valence-corrected chi connectivity index (χ1v) is 10.9. The van der Waals surface area contributed by atoms with Crippen LogP contribution in [0.5, 0.6) is 11.5 Å². The van der Waals surface area contributed by atoms with Gasteiger partial charge in [-0.2, -0.15) is 0 Å². The van der Waals surface area contributed by atoms with E-state index in [0.29, 0.717) is 0 Å². The zero-order valence-electron chi connectivity index (χ0n) is 17.3. The van der Waals surface area contributed by atoms with Gasteiger partial charge in [0.2, 0.25) is 0 Å². The highest BCUT2D eigenvalue weighted by Gasteiger charge is 2.29. The van der Waals surface area contributed by atoms with E-state index in [4.69, 9.17) is 4.74 Å². The van der Waals surface area contributed by atoms with Gasteiger partial charge in [0.05, 0.1) is 11.4 Å². The van der Waals surface area contributed by atoms with Crippen LogP contribution < -0.4 is 9.64 Å². The van der Waals surface area contributed by atoms with Crippen molar-refractivity contribution in [2.24, 2.45) is 0 Å². The minimum Gasteiger partial charge on any atom is -0.452 e. The van der Waals surface area contributed by atoms with Crippen molar-refractivity contribution in [1.29, 1.82) is 0 Å². The maximum Gasteiger partial charge on any atom is 0.159 e. The number of hydrogen-bond donors (Lipinski definition) is 0. The van der Waals surface area contributed by atoms with Crippen molar-refractivity contribution >= 4 is 49.4 Å². The van der Waals surface area contributed by atoms with Crippen molar-refractivity contribution in [3.63, 3.8) is 0 Å². The van der Waals surface area contributed by atoms with Crippen LogP contribution in [-0.2, 0) is 0 Å². The zero-order valence-corrected chi connectivity index (χ0v) is 17.3. The monoisotopic (exact) mass is 409 g/mol. The Morgan fingerprint density at radius 3 is 1.97 bits per heavy atom. The third kappa shape index (κ3) is 2.47. The van der Waals surface area contributed by atoms with Crippen LogP contribution in [0.15, 0.2) is 115 Å². The van der Waals surface area contributed by atoms with Gasteiger partial charge in [-0.3, -0.25) is 0 Å². The fourth-order valence-electron chi connectivity index (χ4n) is 4.88. The molecule has 0 spiro atoms. The topological polar surface area (TPSA) is 12.5 Å². The summed E-state index contributed by atoms with van der Waals surface area (Å²) >= 11 is 0. The lowest BCUT2D eigenvalue weighted by molar-refractivity contribution is 0.483. The lowest BCUT2D eigenvalue weighted by Gasteiger charge is -2.34. The van der Waals surface area contributed by atoms with Gasteiger partial charge in [0.1, 0.15) is 0 Å². The van der Waals surface area contributed by atoms with Crippen molar-refractivity contribution in [3.05, 3.63) is 115 Å². The van der Waals surface area contributed by atoms with Gasteiger partial charge in [0.25, 0.3) is 0 Å². The molecule has 2 nitrogen and oxygen atoms in total. The van der Waals surface area contributed by atoms with Gasteiger partial charge in [0.15, 0.2) is 11.5 Å². The van der Waals surface area contributed by atoms with Crippen LogP contribution in [0.25, 0.3) is 32.3 Å². The van der Waals surface area contributed by atoms with E-state index < -0.39 is 0 Å². The molecule has 0 fully saturated rings. The van der Waals surface area contributed by atoms with E-state index >= 15 is 0 Å². The molecule has 0 radical (unpaired) electrons. The Hall–Kier alpha value is -4.30. The number of anilines is 3. The first-order chi connectivity index (χ1) is 15.9. The molecule has 0 amide bonds. The largest absolute Gasteiger partial charge is 0.452 e. The molecule has 0 aliphatic carbocycles. The van der Waals surface area contributed by atoms with Crippen LogP contribution in [0.4, 0.5) is 17.1 Å². The van der Waals surface area contributed by atoms with Gasteiger partial charge in [0, 0.05) is 16.5 Å². The third-order valence-corrected chi connectivity index (χ3v) is 6.39. The summed E-state index contributed by atoms with van der Waals surface area (Å²) in [5.41, 5.74) is 3.27. The second kappa shape index (κ2) is 6.60. The van der Waals surface area contributed by atoms with Crippen molar-refractivity contribution < 1.29 is 4.74 Å². The summed E-state index contributed by atoms with van der Waals surface area (Å²) in [6, 6.07) is 40.7. The first kappa shape index (κ1) is 17.4. The molecular weight excluding hydrogens is 390 g/mol.